The summed E-state index contributed by atoms with van der Waals surface area (Å²) >= 11 is 6.22. The van der Waals surface area contributed by atoms with E-state index in [-0.39, 0.29) is 5.78 Å². The summed E-state index contributed by atoms with van der Waals surface area (Å²) in [7, 11) is 0. The SMILES string of the molecule is CCN(CC)c1ccc(/C=C2\Oc3c(ccc(OCc4ccccc4Cl)c3C)C2=O)cc1. The normalized spacial score (nSPS) is 13.8. The molecule has 4 rings (SSSR count). The molecule has 0 unspecified atom stereocenters. The topological polar surface area (TPSA) is 38.8 Å². The van der Waals surface area contributed by atoms with Crippen molar-refractivity contribution in [2.45, 2.75) is 27.4 Å². The zero-order valence-electron chi connectivity index (χ0n) is 18.5. The number of ether oxygens (including phenoxy) is 2. The van der Waals surface area contributed by atoms with E-state index in [9.17, 15) is 4.79 Å². The van der Waals surface area contributed by atoms with E-state index in [1.54, 1.807) is 12.1 Å². The minimum absolute atomic E-state index is 0.117. The van der Waals surface area contributed by atoms with Crippen molar-refractivity contribution < 1.29 is 14.3 Å². The first-order valence-electron chi connectivity index (χ1n) is 10.8. The van der Waals surface area contributed by atoms with Crippen LogP contribution in [0.25, 0.3) is 6.08 Å². The Bertz CT molecular complexity index is 1160. The van der Waals surface area contributed by atoms with E-state index in [0.717, 1.165) is 35.5 Å². The summed E-state index contributed by atoms with van der Waals surface area (Å²) in [6.07, 6.45) is 1.79. The maximum atomic E-state index is 12.9. The number of carbonyl (C=O) groups excluding carboxylic acids is 1. The highest BCUT2D eigenvalue weighted by Gasteiger charge is 2.30. The van der Waals surface area contributed by atoms with Gasteiger partial charge in [0.2, 0.25) is 5.78 Å². The van der Waals surface area contributed by atoms with Gasteiger partial charge in [0.25, 0.3) is 0 Å². The summed E-state index contributed by atoms with van der Waals surface area (Å²) in [6.45, 7) is 8.42. The fourth-order valence-corrected chi connectivity index (χ4v) is 4.01. The molecule has 0 spiro atoms. The lowest BCUT2D eigenvalue weighted by molar-refractivity contribution is 0.101. The first-order chi connectivity index (χ1) is 15.5. The maximum absolute atomic E-state index is 12.9. The molecule has 0 aromatic heterocycles. The lowest BCUT2D eigenvalue weighted by Gasteiger charge is -2.20. The number of hydrogen-bond donors (Lipinski definition) is 0. The van der Waals surface area contributed by atoms with Crippen LogP contribution in [0, 0.1) is 6.92 Å². The zero-order valence-corrected chi connectivity index (χ0v) is 19.3. The summed E-state index contributed by atoms with van der Waals surface area (Å²) in [5.41, 5.74) is 4.33. The van der Waals surface area contributed by atoms with Gasteiger partial charge >= 0.3 is 0 Å². The largest absolute Gasteiger partial charge is 0.488 e. The molecule has 0 fully saturated rings. The molecule has 0 bridgehead atoms. The van der Waals surface area contributed by atoms with Crippen LogP contribution in [0.3, 0.4) is 0 Å². The Labute approximate surface area is 194 Å². The van der Waals surface area contributed by atoms with Crippen LogP contribution >= 0.6 is 11.6 Å². The minimum atomic E-state index is -0.117. The standard InChI is InChI=1S/C27H26ClNO3/c1-4-29(5-2)21-12-10-19(11-13-21)16-25-26(30)22-14-15-24(18(3)27(22)32-25)31-17-20-8-6-7-9-23(20)28/h6-16H,4-5,17H2,1-3H3/b25-16-. The number of hydrogen-bond acceptors (Lipinski definition) is 4. The monoisotopic (exact) mass is 447 g/mol. The van der Waals surface area contributed by atoms with E-state index in [1.165, 1.54) is 0 Å². The zero-order chi connectivity index (χ0) is 22.7. The van der Waals surface area contributed by atoms with E-state index >= 15 is 0 Å². The highest BCUT2D eigenvalue weighted by molar-refractivity contribution is 6.31. The smallest absolute Gasteiger partial charge is 0.231 e. The van der Waals surface area contributed by atoms with E-state index in [0.29, 0.717) is 34.5 Å². The van der Waals surface area contributed by atoms with Gasteiger partial charge in [-0.3, -0.25) is 4.79 Å². The summed E-state index contributed by atoms with van der Waals surface area (Å²) < 4.78 is 12.0. The molecule has 3 aromatic rings. The average Bonchev–Trinajstić information content (AvgIpc) is 3.12. The first-order valence-corrected chi connectivity index (χ1v) is 11.2. The lowest BCUT2D eigenvalue weighted by Crippen LogP contribution is -2.21. The lowest BCUT2D eigenvalue weighted by atomic mass is 10.1. The molecule has 4 nitrogen and oxygen atoms in total. The van der Waals surface area contributed by atoms with Gasteiger partial charge in [-0.15, -0.1) is 0 Å². The number of carbonyl (C=O) groups is 1. The molecule has 0 N–H and O–H groups in total. The molecule has 0 amide bonds. The van der Waals surface area contributed by atoms with Crippen molar-refractivity contribution in [1.29, 1.82) is 0 Å². The summed E-state index contributed by atoms with van der Waals surface area (Å²) in [4.78, 5) is 15.2. The van der Waals surface area contributed by atoms with E-state index in [2.05, 4.69) is 30.9 Å². The Morgan fingerprint density at radius 1 is 1.00 bits per heavy atom. The van der Waals surface area contributed by atoms with E-state index in [4.69, 9.17) is 21.1 Å². The van der Waals surface area contributed by atoms with Crippen molar-refractivity contribution in [2.24, 2.45) is 0 Å². The summed E-state index contributed by atoms with van der Waals surface area (Å²) in [5.74, 6) is 1.43. The molecule has 32 heavy (non-hydrogen) atoms. The predicted octanol–water partition coefficient (Wildman–Crippen LogP) is 6.69. The van der Waals surface area contributed by atoms with Gasteiger partial charge < -0.3 is 14.4 Å². The third-order valence-electron chi connectivity index (χ3n) is 5.70. The number of nitrogens with zero attached hydrogens (tertiary/aromatic N) is 1. The van der Waals surface area contributed by atoms with Gasteiger partial charge in [-0.1, -0.05) is 41.9 Å². The van der Waals surface area contributed by atoms with Gasteiger partial charge in [0.05, 0.1) is 5.56 Å². The molecule has 1 aliphatic rings. The first kappa shape index (κ1) is 22.0. The summed E-state index contributed by atoms with van der Waals surface area (Å²) in [5, 5.41) is 0.662. The molecule has 3 aromatic carbocycles. The second-order valence-corrected chi connectivity index (χ2v) is 8.06. The second kappa shape index (κ2) is 9.49. The van der Waals surface area contributed by atoms with Crippen molar-refractivity contribution in [3.8, 4) is 11.5 Å². The van der Waals surface area contributed by atoms with Gasteiger partial charge in [0.15, 0.2) is 5.76 Å². The van der Waals surface area contributed by atoms with Crippen LogP contribution in [0.1, 0.15) is 40.9 Å². The van der Waals surface area contributed by atoms with Crippen LogP contribution in [0.4, 0.5) is 5.69 Å². The molecule has 1 heterocycles. The molecular weight excluding hydrogens is 422 g/mol. The molecule has 0 atom stereocenters. The van der Waals surface area contributed by atoms with Gasteiger partial charge in [-0.25, -0.2) is 0 Å². The Morgan fingerprint density at radius 3 is 2.41 bits per heavy atom. The van der Waals surface area contributed by atoms with Crippen molar-refractivity contribution in [3.63, 3.8) is 0 Å². The Kier molecular flexibility index (Phi) is 6.52. The number of Topliss-reactive ketones (excluding diaryl/α,β-unsaturated/α-hetero) is 1. The number of anilines is 1. The number of benzene rings is 3. The maximum Gasteiger partial charge on any atom is 0.231 e. The molecule has 0 saturated heterocycles. The van der Waals surface area contributed by atoms with Crippen molar-refractivity contribution in [3.05, 3.63) is 93.7 Å². The van der Waals surface area contributed by atoms with Crippen LogP contribution in [-0.4, -0.2) is 18.9 Å². The van der Waals surface area contributed by atoms with Crippen LogP contribution in [0.5, 0.6) is 11.5 Å². The minimum Gasteiger partial charge on any atom is -0.488 e. The number of halogens is 1. The third-order valence-corrected chi connectivity index (χ3v) is 6.07. The number of fused-ring (bicyclic) bond motifs is 1. The van der Waals surface area contributed by atoms with Gasteiger partial charge in [0, 0.05) is 34.9 Å². The van der Waals surface area contributed by atoms with E-state index < -0.39 is 0 Å². The molecular formula is C27H26ClNO3. The van der Waals surface area contributed by atoms with Gasteiger partial charge in [0.1, 0.15) is 18.1 Å². The number of ketones is 1. The molecule has 0 saturated carbocycles. The van der Waals surface area contributed by atoms with Crippen molar-refractivity contribution in [2.75, 3.05) is 18.0 Å². The molecule has 5 heteroatoms. The van der Waals surface area contributed by atoms with Crippen LogP contribution in [-0.2, 0) is 6.61 Å². The molecule has 164 valence electrons. The van der Waals surface area contributed by atoms with Crippen LogP contribution in [0.2, 0.25) is 5.02 Å². The number of rotatable bonds is 7. The van der Waals surface area contributed by atoms with Crippen molar-refractivity contribution in [1.82, 2.24) is 0 Å². The highest BCUT2D eigenvalue weighted by atomic mass is 35.5. The quantitative estimate of drug-likeness (QED) is 0.378. The highest BCUT2D eigenvalue weighted by Crippen LogP contribution is 2.39. The Balaban J connectivity index is 1.53. The predicted molar refractivity (Wildman–Crippen MR) is 130 cm³/mol. The molecule has 1 aliphatic heterocycles. The molecule has 0 radical (unpaired) electrons. The fourth-order valence-electron chi connectivity index (χ4n) is 3.82. The average molecular weight is 448 g/mol. The second-order valence-electron chi connectivity index (χ2n) is 7.65. The van der Waals surface area contributed by atoms with E-state index in [1.807, 2.05) is 49.4 Å². The Morgan fingerprint density at radius 2 is 1.72 bits per heavy atom. The van der Waals surface area contributed by atoms with Gasteiger partial charge in [-0.2, -0.15) is 0 Å². The Hall–Kier alpha value is -3.24. The van der Waals surface area contributed by atoms with Gasteiger partial charge in [-0.05, 0) is 62.7 Å². The fraction of sp³-hybridized carbons (Fsp3) is 0.222. The van der Waals surface area contributed by atoms with Crippen molar-refractivity contribution >= 4 is 29.1 Å². The molecule has 0 aliphatic carbocycles. The van der Waals surface area contributed by atoms with Crippen LogP contribution < -0.4 is 14.4 Å². The third kappa shape index (κ3) is 4.37. The van der Waals surface area contributed by atoms with Crippen LogP contribution in [0.15, 0.2) is 66.4 Å². The summed E-state index contributed by atoms with van der Waals surface area (Å²) in [6, 6.07) is 19.3. The number of allylic oxidation sites excluding steroid dienone is 1.